The fraction of sp³-hybridized carbons (Fsp3) is 0.926. The average molecular weight is 1320 g/mol. The number of cyclic esters (lactones) is 1. The van der Waals surface area contributed by atoms with Crippen LogP contribution in [-0.2, 0) is 101 Å². The second-order valence-electron chi connectivity index (χ2n) is 26.8. The van der Waals surface area contributed by atoms with E-state index in [0.717, 1.165) is 20.0 Å². The third-order valence-electron chi connectivity index (χ3n) is 20.7. The fourth-order valence-electron chi connectivity index (χ4n) is 16.6. The molecule has 5 saturated heterocycles. The van der Waals surface area contributed by atoms with Gasteiger partial charge in [0.25, 0.3) is 0 Å². The Bertz CT molecular complexity index is 2910. The highest BCUT2D eigenvalue weighted by Gasteiger charge is 2.76. The van der Waals surface area contributed by atoms with Crippen LogP contribution >= 0.6 is 0 Å². The predicted octanol–water partition coefficient (Wildman–Crippen LogP) is -1.68. The summed E-state index contributed by atoms with van der Waals surface area (Å²) in [6.07, 6.45) is -30.6. The van der Waals surface area contributed by atoms with Gasteiger partial charge in [-0.2, -0.15) is 0 Å². The molecule has 8 fully saturated rings. The molecule has 0 aromatic heterocycles. The lowest BCUT2D eigenvalue weighted by Gasteiger charge is -2.64. The van der Waals surface area contributed by atoms with Crippen LogP contribution < -0.4 is 0 Å². The molecule has 34 heteroatoms. The zero-order chi connectivity index (χ0) is 65.0. The van der Waals surface area contributed by atoms with Crippen molar-refractivity contribution in [2.75, 3.05) is 26.9 Å². The van der Waals surface area contributed by atoms with Gasteiger partial charge in [0.2, 0.25) is 31.2 Å². The smallest absolute Gasteiger partial charge is 0.313 e. The quantitative estimate of drug-likeness (QED) is 0.0292. The van der Waals surface area contributed by atoms with Gasteiger partial charge < -0.3 is 96.8 Å². The van der Waals surface area contributed by atoms with Gasteiger partial charge in [-0.15, -0.1) is 0 Å². The monoisotopic (exact) mass is 1320 g/mol. The van der Waals surface area contributed by atoms with E-state index in [9.17, 15) is 84.2 Å². The molecule has 0 aromatic rings. The van der Waals surface area contributed by atoms with Gasteiger partial charge in [-0.3, -0.25) is 22.1 Å². The first-order valence-corrected chi connectivity index (χ1v) is 33.5. The van der Waals surface area contributed by atoms with Gasteiger partial charge in [0.1, 0.15) is 96.8 Å². The van der Waals surface area contributed by atoms with Crippen LogP contribution in [0.15, 0.2) is 11.6 Å². The Hall–Kier alpha value is -2.15. The van der Waals surface area contributed by atoms with E-state index in [2.05, 4.69) is 32.5 Å². The number of ketones is 1. The normalized spacial score (nSPS) is 47.1. The first-order valence-electron chi connectivity index (χ1n) is 29.5. The van der Waals surface area contributed by atoms with Gasteiger partial charge in [-0.25, -0.2) is 25.3 Å². The number of allylic oxidation sites excluding steroid dienone is 2. The zero-order valence-electron chi connectivity index (χ0n) is 50.1. The average Bonchev–Trinajstić information content (AvgIpc) is 1.43. The van der Waals surface area contributed by atoms with E-state index in [1.807, 2.05) is 34.6 Å². The van der Waals surface area contributed by atoms with Gasteiger partial charge in [-0.1, -0.05) is 53.2 Å². The van der Waals surface area contributed by atoms with E-state index < -0.39 is 196 Å². The molecular formula is C54H83O31S3-3. The number of carbonyl (C=O) groups excluding carboxylic acids is 2. The maximum Gasteiger partial charge on any atom is 0.313 e. The number of Topliss-reactive ketones (excluding diaryl/α,β-unsaturated/α-hetero) is 1. The van der Waals surface area contributed by atoms with Crippen LogP contribution in [0.2, 0.25) is 0 Å². The summed E-state index contributed by atoms with van der Waals surface area (Å²) in [5.74, 6) is -0.111. The first-order chi connectivity index (χ1) is 40.7. The highest BCUT2D eigenvalue weighted by atomic mass is 32.3. The van der Waals surface area contributed by atoms with Crippen LogP contribution in [0.4, 0.5) is 0 Å². The summed E-state index contributed by atoms with van der Waals surface area (Å²) in [6.45, 7) is 12.6. The lowest BCUT2D eigenvalue weighted by molar-refractivity contribution is -0.389. The molecule has 506 valence electrons. The number of hydrogen-bond acceptors (Lipinski definition) is 31. The summed E-state index contributed by atoms with van der Waals surface area (Å²) < 4.78 is 176. The summed E-state index contributed by atoms with van der Waals surface area (Å²) in [5.41, 5.74) is -1.99. The van der Waals surface area contributed by atoms with Crippen LogP contribution in [0.5, 0.6) is 0 Å². The van der Waals surface area contributed by atoms with Crippen LogP contribution in [-0.4, -0.2) is 242 Å². The summed E-state index contributed by atoms with van der Waals surface area (Å²) in [4.78, 5) is 27.7. The van der Waals surface area contributed by atoms with Crippen molar-refractivity contribution in [3.05, 3.63) is 11.6 Å². The lowest BCUT2D eigenvalue weighted by Crippen LogP contribution is -2.67. The predicted molar refractivity (Wildman–Crippen MR) is 286 cm³/mol. The molecule has 5 heterocycles. The molecule has 4 aliphatic carbocycles. The number of aliphatic hydroxyl groups excluding tert-OH is 7. The molecule has 0 amide bonds. The molecule has 9 aliphatic rings. The molecular weight excluding hydrogens is 1240 g/mol. The molecule has 5 aliphatic heterocycles. The van der Waals surface area contributed by atoms with Crippen molar-refractivity contribution in [2.24, 2.45) is 45.3 Å². The third kappa shape index (κ3) is 13.3. The van der Waals surface area contributed by atoms with Crippen molar-refractivity contribution in [1.29, 1.82) is 0 Å². The van der Waals surface area contributed by atoms with Gasteiger partial charge in [-0.05, 0) is 87.4 Å². The van der Waals surface area contributed by atoms with Crippen molar-refractivity contribution in [1.82, 2.24) is 0 Å². The van der Waals surface area contributed by atoms with E-state index in [0.29, 0.717) is 38.5 Å². The summed E-state index contributed by atoms with van der Waals surface area (Å²) >= 11 is 0. The first kappa shape index (κ1) is 70.2. The SMILES string of the molecule is COC1C(O)[C@H](OC2C(O)[C@H](O[C@@H]3C(C)O[C@@H](OC4C(O)[C@H](OS(=O)(=O)[O-])CO[C@H]4O[C@H]4CC[C@]5(C)C6CCC78C(=O)O[C@@](C)(CC(=O)CC(C)C)[C@H]7CC[C@@]8(C)C6=CC[C@H]5C4(C)C)C(O)C3O)OC(COS(=O)(=O)[O-])[C@H]2O)OC(COS(=O)(=O)[O-])[C@H]1O. The molecule has 0 aromatic carbocycles. The molecule has 27 atom stereocenters. The van der Waals surface area contributed by atoms with Crippen molar-refractivity contribution in [2.45, 2.75) is 242 Å². The molecule has 13 unspecified atom stereocenters. The van der Waals surface area contributed by atoms with E-state index in [1.165, 1.54) is 12.5 Å². The molecule has 0 radical (unpaired) electrons. The molecule has 1 spiro atoms. The lowest BCUT2D eigenvalue weighted by atomic mass is 9.41. The Kier molecular flexibility index (Phi) is 20.4. The second-order valence-corrected chi connectivity index (χ2v) is 29.9. The Morgan fingerprint density at radius 1 is 0.659 bits per heavy atom. The molecule has 3 saturated carbocycles. The minimum absolute atomic E-state index is 0.0442. The number of methoxy groups -OCH3 is 1. The molecule has 9 rings (SSSR count). The van der Waals surface area contributed by atoms with E-state index in [1.54, 1.807) is 0 Å². The highest BCUT2D eigenvalue weighted by molar-refractivity contribution is 7.81. The topological polar surface area (TPSA) is 467 Å². The minimum Gasteiger partial charge on any atom is -0.726 e. The molecule has 7 N–H and O–H groups in total. The minimum atomic E-state index is -5.51. The van der Waals surface area contributed by atoms with Crippen molar-refractivity contribution >= 4 is 42.9 Å². The van der Waals surface area contributed by atoms with Gasteiger partial charge in [0.05, 0.1) is 37.4 Å². The van der Waals surface area contributed by atoms with Gasteiger partial charge in [0.15, 0.2) is 25.2 Å². The van der Waals surface area contributed by atoms with Crippen molar-refractivity contribution < 1.29 is 144 Å². The highest BCUT2D eigenvalue weighted by Crippen LogP contribution is 2.76. The Morgan fingerprint density at radius 2 is 1.23 bits per heavy atom. The van der Waals surface area contributed by atoms with Gasteiger partial charge >= 0.3 is 5.97 Å². The number of aliphatic hydroxyl groups is 7. The number of carbonyl (C=O) groups is 2. The number of esters is 1. The maximum absolute atomic E-state index is 14.4. The zero-order valence-corrected chi connectivity index (χ0v) is 52.5. The van der Waals surface area contributed by atoms with Crippen LogP contribution in [0, 0.1) is 45.3 Å². The van der Waals surface area contributed by atoms with Crippen molar-refractivity contribution in [3.63, 3.8) is 0 Å². The third-order valence-corrected chi connectivity index (χ3v) is 22.0. The number of rotatable bonds is 21. The largest absolute Gasteiger partial charge is 0.726 e. The number of hydrogen-bond donors (Lipinski definition) is 7. The fourth-order valence-corrected chi connectivity index (χ4v) is 17.7. The van der Waals surface area contributed by atoms with Gasteiger partial charge in [0, 0.05) is 31.3 Å². The van der Waals surface area contributed by atoms with Crippen molar-refractivity contribution in [3.8, 4) is 0 Å². The van der Waals surface area contributed by atoms with E-state index in [-0.39, 0.29) is 47.3 Å². The summed E-state index contributed by atoms with van der Waals surface area (Å²) in [6, 6.07) is 0. The van der Waals surface area contributed by atoms with Crippen LogP contribution in [0.25, 0.3) is 0 Å². The van der Waals surface area contributed by atoms with E-state index in [4.69, 9.17) is 47.4 Å². The Balaban J connectivity index is 0.912. The Labute approximate surface area is 510 Å². The van der Waals surface area contributed by atoms with E-state index >= 15 is 0 Å². The second kappa shape index (κ2) is 25.5. The maximum atomic E-state index is 14.4. The number of fused-ring (bicyclic) bond motifs is 4. The number of ether oxygens (including phenoxy) is 10. The van der Waals surface area contributed by atoms with Crippen LogP contribution in [0.3, 0.4) is 0 Å². The summed E-state index contributed by atoms with van der Waals surface area (Å²) in [7, 11) is -15.4. The molecule has 31 nitrogen and oxygen atoms in total. The molecule has 88 heavy (non-hydrogen) atoms. The van der Waals surface area contributed by atoms with Crippen LogP contribution in [0.1, 0.15) is 113 Å². The standard InChI is InChI=1S/C54H86O31S3/c1-23(2)18-25(55)19-53(8)32-13-16-52(7)27-10-11-31-50(4,5)33(14-15-51(31,6)26(27)12-17-54(32,52)49(63)84-53)80-48-44(36(58)30(20-74-48)85-88(70,71)72)83-45-38(60)37(59)41(24(3)77-45)81-47-40(62)43(35(57)29(79-47)22-76-87(67,68)69)82-46-39(61)42(73-9)34(56)28(78-46)21-75-86(64,65)66/h10,23-24,26,28-48,56-62H,11-22H2,1-9H3,(H,64,65,66)(H,67,68,69)(H,70,71,72)/p-3/t24?,26?,28?,29?,30-,31+,32-,33+,34-,35-,36?,37?,38?,39?,40?,41-,42?,43?,44?,45+,46+,47+,48+,51-,52+,53+,54?/m1/s1. The summed E-state index contributed by atoms with van der Waals surface area (Å²) in [5, 5.41) is 80.0. The Morgan fingerprint density at radius 3 is 1.81 bits per heavy atom. The molecule has 0 bridgehead atoms.